The van der Waals surface area contributed by atoms with Crippen LogP contribution >= 0.6 is 0 Å². The zero-order valence-electron chi connectivity index (χ0n) is 12.5. The van der Waals surface area contributed by atoms with Gasteiger partial charge in [-0.2, -0.15) is 0 Å². The highest BCUT2D eigenvalue weighted by Crippen LogP contribution is 2.35. The summed E-state index contributed by atoms with van der Waals surface area (Å²) in [4.78, 5) is 0. The van der Waals surface area contributed by atoms with Gasteiger partial charge in [-0.3, -0.25) is 0 Å². The average Bonchev–Trinajstić information content (AvgIpc) is 2.39. The van der Waals surface area contributed by atoms with E-state index in [1.165, 1.54) is 0 Å². The molecule has 0 amide bonds. The van der Waals surface area contributed by atoms with Gasteiger partial charge in [-0.05, 0) is 32.2 Å². The van der Waals surface area contributed by atoms with E-state index in [0.29, 0.717) is 12.1 Å². The van der Waals surface area contributed by atoms with Crippen LogP contribution in [0.15, 0.2) is 0 Å². The maximum Gasteiger partial charge on any atom is 0.0751 e. The molecule has 2 aliphatic heterocycles. The van der Waals surface area contributed by atoms with Gasteiger partial charge in [0.25, 0.3) is 0 Å². The summed E-state index contributed by atoms with van der Waals surface area (Å²) in [5.41, 5.74) is 0.0529. The Hall–Kier alpha value is -0.160. The van der Waals surface area contributed by atoms with E-state index in [1.54, 1.807) is 0 Å². The van der Waals surface area contributed by atoms with Gasteiger partial charge in [0.05, 0.1) is 11.7 Å². The van der Waals surface area contributed by atoms with Crippen LogP contribution in [0, 0.1) is 0 Å². The van der Waals surface area contributed by atoms with Crippen molar-refractivity contribution < 1.29 is 14.2 Å². The first-order chi connectivity index (χ1) is 9.20. The van der Waals surface area contributed by atoms with E-state index in [1.807, 2.05) is 0 Å². The number of hydrogen-bond donors (Lipinski definition) is 1. The smallest absolute Gasteiger partial charge is 0.0751 e. The Labute approximate surface area is 117 Å². The summed E-state index contributed by atoms with van der Waals surface area (Å²) in [6, 6.07) is 0.564. The van der Waals surface area contributed by atoms with Crippen molar-refractivity contribution in [3.05, 3.63) is 0 Å². The molecule has 1 N–H and O–H groups in total. The summed E-state index contributed by atoms with van der Waals surface area (Å²) < 4.78 is 17.5. The van der Waals surface area contributed by atoms with Gasteiger partial charge in [-0.1, -0.05) is 13.8 Å². The van der Waals surface area contributed by atoms with Crippen LogP contribution in [0.2, 0.25) is 0 Å². The summed E-state index contributed by atoms with van der Waals surface area (Å²) in [7, 11) is 0. The Morgan fingerprint density at radius 1 is 1.26 bits per heavy atom. The minimum atomic E-state index is 0.0529. The van der Waals surface area contributed by atoms with Gasteiger partial charge in [-0.25, -0.2) is 0 Å². The van der Waals surface area contributed by atoms with Gasteiger partial charge < -0.3 is 19.5 Å². The summed E-state index contributed by atoms with van der Waals surface area (Å²) >= 11 is 0. The SMILES string of the molecule is CC(C)NCCCOC1CCOC2(CCOCC2)C1. The first-order valence-electron chi connectivity index (χ1n) is 7.77. The van der Waals surface area contributed by atoms with Gasteiger partial charge in [0, 0.05) is 38.9 Å². The molecule has 1 spiro atoms. The Bertz CT molecular complexity index is 246. The largest absolute Gasteiger partial charge is 0.381 e. The molecule has 0 aliphatic carbocycles. The lowest BCUT2D eigenvalue weighted by Crippen LogP contribution is -2.46. The van der Waals surface area contributed by atoms with Crippen LogP contribution in [0.3, 0.4) is 0 Å². The molecule has 0 bridgehead atoms. The monoisotopic (exact) mass is 271 g/mol. The molecule has 4 nitrogen and oxygen atoms in total. The zero-order valence-corrected chi connectivity index (χ0v) is 12.5. The second-order valence-electron chi connectivity index (χ2n) is 6.09. The van der Waals surface area contributed by atoms with E-state index in [2.05, 4.69) is 19.2 Å². The van der Waals surface area contributed by atoms with Gasteiger partial charge >= 0.3 is 0 Å². The molecular formula is C15H29NO3. The maximum atomic E-state index is 6.03. The van der Waals surface area contributed by atoms with Gasteiger partial charge in [0.2, 0.25) is 0 Å². The number of hydrogen-bond acceptors (Lipinski definition) is 4. The van der Waals surface area contributed by atoms with E-state index in [9.17, 15) is 0 Å². The van der Waals surface area contributed by atoms with E-state index in [0.717, 1.165) is 65.1 Å². The lowest BCUT2D eigenvalue weighted by atomic mass is 9.85. The lowest BCUT2D eigenvalue weighted by molar-refractivity contribution is -0.169. The standard InChI is InChI=1S/C15H29NO3/c1-13(2)16-7-3-8-18-14-4-9-19-15(12-14)5-10-17-11-6-15/h13-14,16H,3-12H2,1-2H3. The number of ether oxygens (including phenoxy) is 3. The number of rotatable bonds is 6. The molecule has 4 heteroatoms. The zero-order chi connectivity index (χ0) is 13.6. The molecule has 0 saturated carbocycles. The molecule has 0 aromatic heterocycles. The summed E-state index contributed by atoms with van der Waals surface area (Å²) in [6.07, 6.45) is 5.62. The average molecular weight is 271 g/mol. The van der Waals surface area contributed by atoms with Crippen LogP contribution in [0.1, 0.15) is 46.0 Å². The minimum absolute atomic E-state index is 0.0529. The normalized spacial score (nSPS) is 27.0. The fraction of sp³-hybridized carbons (Fsp3) is 1.00. The topological polar surface area (TPSA) is 39.7 Å². The Morgan fingerprint density at radius 2 is 2.05 bits per heavy atom. The molecule has 2 fully saturated rings. The Kier molecular flexibility index (Phi) is 6.07. The van der Waals surface area contributed by atoms with Crippen LogP contribution < -0.4 is 5.32 Å². The van der Waals surface area contributed by atoms with Crippen molar-refractivity contribution >= 4 is 0 Å². The van der Waals surface area contributed by atoms with Crippen molar-refractivity contribution in [3.8, 4) is 0 Å². The van der Waals surface area contributed by atoms with E-state index < -0.39 is 0 Å². The molecular weight excluding hydrogens is 242 g/mol. The highest BCUT2D eigenvalue weighted by atomic mass is 16.5. The van der Waals surface area contributed by atoms with Crippen molar-refractivity contribution in [3.63, 3.8) is 0 Å². The summed E-state index contributed by atoms with van der Waals surface area (Å²) in [6.45, 7) is 8.77. The second-order valence-corrected chi connectivity index (χ2v) is 6.09. The first-order valence-corrected chi connectivity index (χ1v) is 7.77. The van der Waals surface area contributed by atoms with Crippen molar-refractivity contribution in [2.24, 2.45) is 0 Å². The molecule has 2 saturated heterocycles. The molecule has 2 aliphatic rings. The van der Waals surface area contributed by atoms with Crippen LogP contribution in [0.4, 0.5) is 0 Å². The van der Waals surface area contributed by atoms with Crippen LogP contribution in [-0.4, -0.2) is 50.7 Å². The predicted molar refractivity (Wildman–Crippen MR) is 75.5 cm³/mol. The molecule has 2 heterocycles. The van der Waals surface area contributed by atoms with E-state index in [-0.39, 0.29) is 5.60 Å². The van der Waals surface area contributed by atoms with Crippen LogP contribution in [0.5, 0.6) is 0 Å². The Morgan fingerprint density at radius 3 is 2.79 bits per heavy atom. The summed E-state index contributed by atoms with van der Waals surface area (Å²) in [5, 5.41) is 3.42. The molecule has 0 aromatic rings. The molecule has 2 rings (SSSR count). The van der Waals surface area contributed by atoms with Gasteiger partial charge in [0.15, 0.2) is 0 Å². The van der Waals surface area contributed by atoms with Crippen molar-refractivity contribution in [1.29, 1.82) is 0 Å². The highest BCUT2D eigenvalue weighted by Gasteiger charge is 2.39. The molecule has 19 heavy (non-hydrogen) atoms. The third-order valence-electron chi connectivity index (χ3n) is 4.08. The predicted octanol–water partition coefficient (Wildman–Crippen LogP) is 2.12. The van der Waals surface area contributed by atoms with E-state index >= 15 is 0 Å². The fourth-order valence-corrected chi connectivity index (χ4v) is 2.93. The fourth-order valence-electron chi connectivity index (χ4n) is 2.93. The van der Waals surface area contributed by atoms with E-state index in [4.69, 9.17) is 14.2 Å². The van der Waals surface area contributed by atoms with Gasteiger partial charge in [0.1, 0.15) is 0 Å². The van der Waals surface area contributed by atoms with Crippen molar-refractivity contribution in [2.45, 2.75) is 63.7 Å². The molecule has 112 valence electrons. The van der Waals surface area contributed by atoms with Crippen LogP contribution in [0.25, 0.3) is 0 Å². The second kappa shape index (κ2) is 7.58. The summed E-state index contributed by atoms with van der Waals surface area (Å²) in [5.74, 6) is 0. The Balaban J connectivity index is 1.64. The van der Waals surface area contributed by atoms with Crippen molar-refractivity contribution in [1.82, 2.24) is 5.32 Å². The molecule has 1 atom stereocenters. The minimum Gasteiger partial charge on any atom is -0.381 e. The molecule has 1 unspecified atom stereocenters. The first kappa shape index (κ1) is 15.2. The van der Waals surface area contributed by atoms with Gasteiger partial charge in [-0.15, -0.1) is 0 Å². The highest BCUT2D eigenvalue weighted by molar-refractivity contribution is 4.89. The lowest BCUT2D eigenvalue weighted by Gasteiger charge is -2.43. The third-order valence-corrected chi connectivity index (χ3v) is 4.08. The number of nitrogens with one attached hydrogen (secondary N) is 1. The molecule has 0 radical (unpaired) electrons. The maximum absolute atomic E-state index is 6.03. The quantitative estimate of drug-likeness (QED) is 0.751. The molecule has 0 aromatic carbocycles. The van der Waals surface area contributed by atoms with Crippen LogP contribution in [-0.2, 0) is 14.2 Å². The van der Waals surface area contributed by atoms with Crippen molar-refractivity contribution in [2.75, 3.05) is 33.0 Å². The third kappa shape index (κ3) is 5.03.